The van der Waals surface area contributed by atoms with E-state index in [2.05, 4.69) is 27.0 Å². The number of aryl methyl sites for hydroxylation is 1. The molecule has 1 aliphatic rings. The molecule has 1 N–H and O–H groups in total. The molecule has 8 nitrogen and oxygen atoms in total. The van der Waals surface area contributed by atoms with Gasteiger partial charge in [-0.15, -0.1) is 5.92 Å². The maximum atomic E-state index is 13.0. The zero-order valence-corrected chi connectivity index (χ0v) is 15.2. The van der Waals surface area contributed by atoms with Crippen molar-refractivity contribution >= 4 is 17.1 Å². The third-order valence-corrected chi connectivity index (χ3v) is 4.49. The Morgan fingerprint density at radius 2 is 1.92 bits per heavy atom. The van der Waals surface area contributed by atoms with Gasteiger partial charge in [0.2, 0.25) is 5.95 Å². The van der Waals surface area contributed by atoms with Crippen LogP contribution in [0.3, 0.4) is 0 Å². The molecule has 0 saturated carbocycles. The molecule has 0 aliphatic carbocycles. The van der Waals surface area contributed by atoms with E-state index < -0.39 is 0 Å². The molecule has 1 aliphatic heterocycles. The molecule has 0 bridgehead atoms. The van der Waals surface area contributed by atoms with Crippen molar-refractivity contribution < 1.29 is 0 Å². The van der Waals surface area contributed by atoms with Crippen LogP contribution in [0.15, 0.2) is 9.59 Å². The fourth-order valence-corrected chi connectivity index (χ4v) is 3.20. The lowest BCUT2D eigenvalue weighted by Gasteiger charge is -2.28. The molecule has 8 heteroatoms. The number of imidazole rings is 1. The lowest BCUT2D eigenvalue weighted by molar-refractivity contribution is 0.529. The number of aromatic nitrogens is 4. The third kappa shape index (κ3) is 2.85. The molecule has 0 radical (unpaired) electrons. The summed E-state index contributed by atoms with van der Waals surface area (Å²) < 4.78 is 4.58. The lowest BCUT2D eigenvalue weighted by atomic mass is 10.3. The Morgan fingerprint density at radius 1 is 1.24 bits per heavy atom. The normalized spacial score (nSPS) is 14.8. The summed E-state index contributed by atoms with van der Waals surface area (Å²) in [4.78, 5) is 32.4. The Kier molecular flexibility index (Phi) is 4.68. The highest BCUT2D eigenvalue weighted by Gasteiger charge is 2.24. The standard InChI is InChI=1S/C17H24N6O2/c1-5-6-9-22-13-14(19-16(22)21-10-7-18-8-11-21)20(4)17(25)23(12(2)3)15(13)24/h12,18H,7-11H2,1-4H3. The van der Waals surface area contributed by atoms with Gasteiger partial charge in [-0.05, 0) is 20.8 Å². The molecule has 0 spiro atoms. The number of hydrogen-bond donors (Lipinski definition) is 1. The van der Waals surface area contributed by atoms with Gasteiger partial charge in [0.05, 0.1) is 6.54 Å². The van der Waals surface area contributed by atoms with Crippen molar-refractivity contribution in [3.8, 4) is 11.8 Å². The summed E-state index contributed by atoms with van der Waals surface area (Å²) in [7, 11) is 1.66. The molecular formula is C17H24N6O2. The minimum absolute atomic E-state index is 0.223. The van der Waals surface area contributed by atoms with Crippen LogP contribution in [0, 0.1) is 11.8 Å². The van der Waals surface area contributed by atoms with E-state index in [0.717, 1.165) is 26.2 Å². The number of piperazine rings is 1. The van der Waals surface area contributed by atoms with Gasteiger partial charge < -0.3 is 10.2 Å². The van der Waals surface area contributed by atoms with E-state index in [0.29, 0.717) is 23.7 Å². The quantitative estimate of drug-likeness (QED) is 0.788. The highest BCUT2D eigenvalue weighted by atomic mass is 16.2. The topological polar surface area (TPSA) is 77.1 Å². The third-order valence-electron chi connectivity index (χ3n) is 4.49. The monoisotopic (exact) mass is 344 g/mol. The van der Waals surface area contributed by atoms with Crippen molar-refractivity contribution in [3.05, 3.63) is 20.8 Å². The van der Waals surface area contributed by atoms with Crippen LogP contribution < -0.4 is 21.5 Å². The van der Waals surface area contributed by atoms with Crippen molar-refractivity contribution in [2.75, 3.05) is 31.1 Å². The lowest BCUT2D eigenvalue weighted by Crippen LogP contribution is -2.44. The molecule has 0 aromatic carbocycles. The average molecular weight is 344 g/mol. The second-order valence-corrected chi connectivity index (χ2v) is 6.44. The van der Waals surface area contributed by atoms with Gasteiger partial charge in [-0.2, -0.15) is 4.98 Å². The molecule has 0 atom stereocenters. The molecular weight excluding hydrogens is 320 g/mol. The van der Waals surface area contributed by atoms with Crippen molar-refractivity contribution in [1.82, 2.24) is 24.0 Å². The Morgan fingerprint density at radius 3 is 2.52 bits per heavy atom. The minimum atomic E-state index is -0.342. The summed E-state index contributed by atoms with van der Waals surface area (Å²) in [5, 5.41) is 3.31. The van der Waals surface area contributed by atoms with Gasteiger partial charge in [0, 0.05) is 39.3 Å². The number of nitrogens with zero attached hydrogens (tertiary/aromatic N) is 5. The number of rotatable bonds is 3. The number of hydrogen-bond acceptors (Lipinski definition) is 5. The van der Waals surface area contributed by atoms with Crippen LogP contribution in [-0.4, -0.2) is 44.9 Å². The first kappa shape index (κ1) is 17.3. The van der Waals surface area contributed by atoms with Gasteiger partial charge in [-0.1, -0.05) is 5.92 Å². The van der Waals surface area contributed by atoms with Crippen LogP contribution in [0.5, 0.6) is 0 Å². The molecule has 0 unspecified atom stereocenters. The van der Waals surface area contributed by atoms with Gasteiger partial charge in [0.15, 0.2) is 11.2 Å². The molecule has 3 rings (SSSR count). The Labute approximate surface area is 146 Å². The van der Waals surface area contributed by atoms with E-state index in [9.17, 15) is 9.59 Å². The largest absolute Gasteiger partial charge is 0.340 e. The SMILES string of the molecule is CC#CCn1c(N2CCNCC2)nc2c1c(=O)n(C(C)C)c(=O)n2C. The molecule has 0 amide bonds. The first-order valence-corrected chi connectivity index (χ1v) is 8.54. The Hall–Kier alpha value is -2.53. The zero-order valence-electron chi connectivity index (χ0n) is 15.2. The van der Waals surface area contributed by atoms with Crippen LogP contribution in [-0.2, 0) is 13.6 Å². The average Bonchev–Trinajstić information content (AvgIpc) is 2.98. The van der Waals surface area contributed by atoms with Crippen molar-refractivity contribution in [2.45, 2.75) is 33.4 Å². The van der Waals surface area contributed by atoms with Crippen molar-refractivity contribution in [3.63, 3.8) is 0 Å². The summed E-state index contributed by atoms with van der Waals surface area (Å²) >= 11 is 0. The number of fused-ring (bicyclic) bond motifs is 1. The number of anilines is 1. The Balaban J connectivity index is 2.35. The zero-order chi connectivity index (χ0) is 18.1. The first-order chi connectivity index (χ1) is 12.0. The fraction of sp³-hybridized carbons (Fsp3) is 0.588. The second-order valence-electron chi connectivity index (χ2n) is 6.44. The maximum absolute atomic E-state index is 13.0. The van der Waals surface area contributed by atoms with Crippen LogP contribution in [0.25, 0.3) is 11.2 Å². The Bertz CT molecular complexity index is 963. The van der Waals surface area contributed by atoms with Gasteiger partial charge >= 0.3 is 5.69 Å². The van der Waals surface area contributed by atoms with E-state index in [4.69, 9.17) is 0 Å². The van der Waals surface area contributed by atoms with Crippen LogP contribution >= 0.6 is 0 Å². The minimum Gasteiger partial charge on any atom is -0.340 e. The molecule has 1 saturated heterocycles. The predicted molar refractivity (Wildman–Crippen MR) is 98.2 cm³/mol. The predicted octanol–water partition coefficient (Wildman–Crippen LogP) is -0.0895. The smallest absolute Gasteiger partial charge is 0.332 e. The molecule has 25 heavy (non-hydrogen) atoms. The highest BCUT2D eigenvalue weighted by molar-refractivity contribution is 5.75. The summed E-state index contributed by atoms with van der Waals surface area (Å²) in [5.74, 6) is 6.61. The second kappa shape index (κ2) is 6.76. The molecule has 3 heterocycles. The van der Waals surface area contributed by atoms with Gasteiger partial charge in [0.1, 0.15) is 0 Å². The molecule has 2 aromatic heterocycles. The highest BCUT2D eigenvalue weighted by Crippen LogP contribution is 2.20. The summed E-state index contributed by atoms with van der Waals surface area (Å²) in [6.07, 6.45) is 0. The van der Waals surface area contributed by atoms with Crippen molar-refractivity contribution in [1.29, 1.82) is 0 Å². The van der Waals surface area contributed by atoms with Crippen LogP contribution in [0.2, 0.25) is 0 Å². The molecule has 1 fully saturated rings. The van der Waals surface area contributed by atoms with E-state index in [1.165, 1.54) is 9.13 Å². The van der Waals surface area contributed by atoms with E-state index in [1.807, 2.05) is 18.4 Å². The van der Waals surface area contributed by atoms with E-state index in [-0.39, 0.29) is 17.3 Å². The molecule has 134 valence electrons. The van der Waals surface area contributed by atoms with Crippen LogP contribution in [0.1, 0.15) is 26.8 Å². The molecule has 2 aromatic rings. The van der Waals surface area contributed by atoms with E-state index >= 15 is 0 Å². The van der Waals surface area contributed by atoms with Crippen LogP contribution in [0.4, 0.5) is 5.95 Å². The van der Waals surface area contributed by atoms with Gasteiger partial charge in [-0.25, -0.2) is 4.79 Å². The van der Waals surface area contributed by atoms with Crippen molar-refractivity contribution in [2.24, 2.45) is 7.05 Å². The van der Waals surface area contributed by atoms with E-state index in [1.54, 1.807) is 14.0 Å². The fourth-order valence-electron chi connectivity index (χ4n) is 3.20. The summed E-state index contributed by atoms with van der Waals surface area (Å²) in [6, 6.07) is -0.223. The summed E-state index contributed by atoms with van der Waals surface area (Å²) in [5.41, 5.74) is 0.205. The maximum Gasteiger partial charge on any atom is 0.332 e. The summed E-state index contributed by atoms with van der Waals surface area (Å²) in [6.45, 7) is 9.13. The first-order valence-electron chi connectivity index (χ1n) is 8.54. The van der Waals surface area contributed by atoms with Gasteiger partial charge in [-0.3, -0.25) is 18.5 Å². The number of nitrogens with one attached hydrogen (secondary N) is 1. The van der Waals surface area contributed by atoms with Gasteiger partial charge in [0.25, 0.3) is 5.56 Å².